The minimum Gasteiger partial charge on any atom is -0.338 e. The van der Waals surface area contributed by atoms with Crippen molar-refractivity contribution in [2.75, 3.05) is 20.1 Å². The third kappa shape index (κ3) is 3.51. The molecule has 122 valence electrons. The maximum atomic E-state index is 12.6. The van der Waals surface area contributed by atoms with Crippen LogP contribution in [0.4, 0.5) is 0 Å². The highest BCUT2D eigenvalue weighted by molar-refractivity contribution is 7.11. The zero-order valence-electron chi connectivity index (χ0n) is 13.7. The van der Waals surface area contributed by atoms with E-state index in [1.807, 2.05) is 11.9 Å². The van der Waals surface area contributed by atoms with E-state index in [4.69, 9.17) is 0 Å². The number of amides is 1. The van der Waals surface area contributed by atoms with Gasteiger partial charge in [0, 0.05) is 13.5 Å². The number of piperidine rings is 1. The number of hydrogen-bond acceptors (Lipinski definition) is 4. The van der Waals surface area contributed by atoms with Crippen LogP contribution in [0.25, 0.3) is 0 Å². The van der Waals surface area contributed by atoms with Crippen LogP contribution < -0.4 is 5.32 Å². The lowest BCUT2D eigenvalue weighted by molar-refractivity contribution is -0.132. The number of nitrogens with one attached hydrogen (secondary N) is 1. The van der Waals surface area contributed by atoms with Crippen molar-refractivity contribution in [2.45, 2.75) is 57.9 Å². The number of nitrogens with zero attached hydrogens (tertiary/aromatic N) is 2. The molecule has 1 atom stereocenters. The molecule has 1 aromatic heterocycles. The molecule has 5 heteroatoms. The maximum Gasteiger partial charge on any atom is 0.222 e. The van der Waals surface area contributed by atoms with Crippen LogP contribution in [0.1, 0.15) is 60.1 Å². The van der Waals surface area contributed by atoms with Gasteiger partial charge in [-0.25, -0.2) is 4.98 Å². The standard InChI is InChI=1S/C17H27N3OS/c1-12-19-14-4-3-5-15(17(14)22-12)20(2)16(21)7-6-13-8-10-18-11-9-13/h13,15,18H,3-11H2,1-2H3. The summed E-state index contributed by atoms with van der Waals surface area (Å²) < 4.78 is 0. The van der Waals surface area contributed by atoms with Crippen molar-refractivity contribution in [1.82, 2.24) is 15.2 Å². The fourth-order valence-electron chi connectivity index (χ4n) is 3.74. The lowest BCUT2D eigenvalue weighted by atomic mass is 9.92. The molecule has 0 spiro atoms. The second-order valence-electron chi connectivity index (χ2n) is 6.69. The van der Waals surface area contributed by atoms with E-state index in [1.54, 1.807) is 11.3 Å². The zero-order valence-corrected chi connectivity index (χ0v) is 14.5. The normalized spacial score (nSPS) is 22.4. The lowest BCUT2D eigenvalue weighted by Gasteiger charge is -2.31. The summed E-state index contributed by atoms with van der Waals surface area (Å²) in [6.45, 7) is 4.29. The van der Waals surface area contributed by atoms with Gasteiger partial charge in [-0.15, -0.1) is 11.3 Å². The van der Waals surface area contributed by atoms with Gasteiger partial charge in [0.1, 0.15) is 0 Å². The molecule has 2 heterocycles. The van der Waals surface area contributed by atoms with Gasteiger partial charge < -0.3 is 10.2 Å². The molecule has 22 heavy (non-hydrogen) atoms. The van der Waals surface area contributed by atoms with Gasteiger partial charge in [0.15, 0.2) is 0 Å². The first kappa shape index (κ1) is 15.9. The second kappa shape index (κ2) is 7.09. The first-order chi connectivity index (χ1) is 10.6. The Balaban J connectivity index is 1.58. The number of carbonyl (C=O) groups excluding carboxylic acids is 1. The molecule has 1 aromatic rings. The molecule has 3 rings (SSSR count). The number of rotatable bonds is 4. The molecular formula is C17H27N3OS. The van der Waals surface area contributed by atoms with Gasteiger partial charge in [-0.3, -0.25) is 4.79 Å². The van der Waals surface area contributed by atoms with Crippen LogP contribution in [0.3, 0.4) is 0 Å². The first-order valence-corrected chi connectivity index (χ1v) is 9.39. The second-order valence-corrected chi connectivity index (χ2v) is 7.92. The Morgan fingerprint density at radius 2 is 2.14 bits per heavy atom. The summed E-state index contributed by atoms with van der Waals surface area (Å²) in [7, 11) is 1.99. The monoisotopic (exact) mass is 321 g/mol. The molecule has 1 amide bonds. The molecule has 0 aromatic carbocycles. The number of aryl methyl sites for hydroxylation is 2. The molecule has 1 fully saturated rings. The Morgan fingerprint density at radius 3 is 2.91 bits per heavy atom. The van der Waals surface area contributed by atoms with Crippen molar-refractivity contribution in [2.24, 2.45) is 5.92 Å². The highest BCUT2D eigenvalue weighted by Gasteiger charge is 2.29. The van der Waals surface area contributed by atoms with Crippen LogP contribution in [0, 0.1) is 12.8 Å². The lowest BCUT2D eigenvalue weighted by Crippen LogP contribution is -2.33. The van der Waals surface area contributed by atoms with Gasteiger partial charge in [0.25, 0.3) is 0 Å². The van der Waals surface area contributed by atoms with Crippen LogP contribution in [-0.4, -0.2) is 35.9 Å². The first-order valence-electron chi connectivity index (χ1n) is 8.57. The molecule has 1 aliphatic carbocycles. The van der Waals surface area contributed by atoms with Crippen molar-refractivity contribution < 1.29 is 4.79 Å². The molecule has 1 unspecified atom stereocenters. The van der Waals surface area contributed by atoms with Gasteiger partial charge in [0.2, 0.25) is 5.91 Å². The molecule has 0 radical (unpaired) electrons. The third-order valence-corrected chi connectivity index (χ3v) is 6.23. The third-order valence-electron chi connectivity index (χ3n) is 5.11. The number of hydrogen-bond donors (Lipinski definition) is 1. The van der Waals surface area contributed by atoms with Crippen molar-refractivity contribution in [3.8, 4) is 0 Å². The molecule has 1 aliphatic heterocycles. The van der Waals surface area contributed by atoms with Gasteiger partial charge >= 0.3 is 0 Å². The average Bonchev–Trinajstić information content (AvgIpc) is 2.93. The number of aromatic nitrogens is 1. The molecule has 1 saturated heterocycles. The van der Waals surface area contributed by atoms with Crippen LogP contribution in [0.2, 0.25) is 0 Å². The summed E-state index contributed by atoms with van der Waals surface area (Å²) >= 11 is 1.78. The van der Waals surface area contributed by atoms with E-state index in [9.17, 15) is 4.79 Å². The minimum atomic E-state index is 0.260. The number of thiazole rings is 1. The van der Waals surface area contributed by atoms with E-state index in [0.717, 1.165) is 49.7 Å². The maximum absolute atomic E-state index is 12.6. The molecule has 0 bridgehead atoms. The Kier molecular flexibility index (Phi) is 5.14. The van der Waals surface area contributed by atoms with E-state index < -0.39 is 0 Å². The van der Waals surface area contributed by atoms with Crippen molar-refractivity contribution in [1.29, 1.82) is 0 Å². The van der Waals surface area contributed by atoms with E-state index in [-0.39, 0.29) is 6.04 Å². The predicted octanol–water partition coefficient (Wildman–Crippen LogP) is 3.07. The van der Waals surface area contributed by atoms with E-state index >= 15 is 0 Å². The Morgan fingerprint density at radius 1 is 1.36 bits per heavy atom. The Bertz CT molecular complexity index is 522. The van der Waals surface area contributed by atoms with Gasteiger partial charge in [-0.1, -0.05) is 0 Å². The quantitative estimate of drug-likeness (QED) is 0.927. The van der Waals surface area contributed by atoms with Crippen molar-refractivity contribution >= 4 is 17.2 Å². The van der Waals surface area contributed by atoms with Crippen LogP contribution >= 0.6 is 11.3 Å². The largest absolute Gasteiger partial charge is 0.338 e. The van der Waals surface area contributed by atoms with Gasteiger partial charge in [-0.2, -0.15) is 0 Å². The topological polar surface area (TPSA) is 45.2 Å². The van der Waals surface area contributed by atoms with Crippen LogP contribution in [0.15, 0.2) is 0 Å². The van der Waals surface area contributed by atoms with Gasteiger partial charge in [0.05, 0.1) is 21.6 Å². The highest BCUT2D eigenvalue weighted by atomic mass is 32.1. The van der Waals surface area contributed by atoms with Crippen molar-refractivity contribution in [3.63, 3.8) is 0 Å². The molecule has 4 nitrogen and oxygen atoms in total. The van der Waals surface area contributed by atoms with Gasteiger partial charge in [-0.05, 0) is 64.5 Å². The molecular weight excluding hydrogens is 294 g/mol. The zero-order chi connectivity index (χ0) is 15.5. The van der Waals surface area contributed by atoms with Crippen molar-refractivity contribution in [3.05, 3.63) is 15.6 Å². The summed E-state index contributed by atoms with van der Waals surface area (Å²) in [6.07, 6.45) is 7.50. The number of fused-ring (bicyclic) bond motifs is 1. The Labute approximate surface area is 137 Å². The van der Waals surface area contributed by atoms with E-state index in [2.05, 4.69) is 17.2 Å². The Hall–Kier alpha value is -0.940. The highest BCUT2D eigenvalue weighted by Crippen LogP contribution is 2.37. The summed E-state index contributed by atoms with van der Waals surface area (Å²) in [4.78, 5) is 20.6. The molecule has 2 aliphatic rings. The summed E-state index contributed by atoms with van der Waals surface area (Å²) in [5, 5.41) is 4.52. The SMILES string of the molecule is Cc1nc2c(s1)C(N(C)C(=O)CCC1CCNCC1)CCC2. The average molecular weight is 321 g/mol. The van der Waals surface area contributed by atoms with E-state index in [1.165, 1.54) is 23.4 Å². The smallest absolute Gasteiger partial charge is 0.222 e. The van der Waals surface area contributed by atoms with Crippen LogP contribution in [-0.2, 0) is 11.2 Å². The number of carbonyl (C=O) groups is 1. The van der Waals surface area contributed by atoms with E-state index in [0.29, 0.717) is 12.3 Å². The fourth-order valence-corrected chi connectivity index (χ4v) is 4.89. The van der Waals surface area contributed by atoms with Crippen LogP contribution in [0.5, 0.6) is 0 Å². The minimum absolute atomic E-state index is 0.260. The molecule has 0 saturated carbocycles. The predicted molar refractivity (Wildman–Crippen MR) is 90.1 cm³/mol. The fraction of sp³-hybridized carbons (Fsp3) is 0.765. The summed E-state index contributed by atoms with van der Waals surface area (Å²) in [5.41, 5.74) is 1.23. The molecule has 1 N–H and O–H groups in total. The summed E-state index contributed by atoms with van der Waals surface area (Å²) in [6, 6.07) is 0.260. The summed E-state index contributed by atoms with van der Waals surface area (Å²) in [5.74, 6) is 1.04.